The van der Waals surface area contributed by atoms with Crippen molar-refractivity contribution in [3.05, 3.63) is 35.9 Å². The van der Waals surface area contributed by atoms with Gasteiger partial charge in [-0.2, -0.15) is 0 Å². The molecule has 0 heterocycles. The first kappa shape index (κ1) is 14.2. The maximum Gasteiger partial charge on any atom is 0.0994 e. The zero-order valence-electron chi connectivity index (χ0n) is 10.8. The number of rotatable bonds is 7. The molecule has 0 saturated carbocycles. The molecule has 2 N–H and O–H groups in total. The molecule has 96 valence electrons. The Morgan fingerprint density at radius 1 is 1.24 bits per heavy atom. The van der Waals surface area contributed by atoms with E-state index in [1.807, 2.05) is 37.3 Å². The molecule has 0 aliphatic heterocycles. The van der Waals surface area contributed by atoms with E-state index < -0.39 is 5.60 Å². The van der Waals surface area contributed by atoms with E-state index in [9.17, 15) is 5.11 Å². The third-order valence-electron chi connectivity index (χ3n) is 3.01. The van der Waals surface area contributed by atoms with Crippen LogP contribution in [0.2, 0.25) is 0 Å². The van der Waals surface area contributed by atoms with E-state index in [0.29, 0.717) is 6.54 Å². The van der Waals surface area contributed by atoms with Crippen LogP contribution in [-0.2, 0) is 5.60 Å². The Bertz CT molecular complexity index is 311. The Balaban J connectivity index is 2.64. The van der Waals surface area contributed by atoms with Crippen LogP contribution in [-0.4, -0.2) is 41.4 Å². The molecular weight excluding hydrogens is 214 g/mol. The Hall–Kier alpha value is -0.900. The van der Waals surface area contributed by atoms with Crippen LogP contribution >= 0.6 is 0 Å². The summed E-state index contributed by atoms with van der Waals surface area (Å²) >= 11 is 0. The molecule has 0 amide bonds. The molecular formula is C14H23NO2. The molecule has 0 fully saturated rings. The quantitative estimate of drug-likeness (QED) is 0.757. The van der Waals surface area contributed by atoms with Crippen LogP contribution in [0.5, 0.6) is 0 Å². The van der Waals surface area contributed by atoms with Crippen molar-refractivity contribution < 1.29 is 10.2 Å². The van der Waals surface area contributed by atoms with Gasteiger partial charge in [0, 0.05) is 19.7 Å². The van der Waals surface area contributed by atoms with E-state index >= 15 is 0 Å². The summed E-state index contributed by atoms with van der Waals surface area (Å²) in [6.07, 6.45) is 0.749. The first-order valence-electron chi connectivity index (χ1n) is 6.21. The zero-order valence-corrected chi connectivity index (χ0v) is 10.8. The molecule has 1 unspecified atom stereocenters. The first-order chi connectivity index (χ1) is 8.10. The monoisotopic (exact) mass is 237 g/mol. The normalized spacial score (nSPS) is 14.9. The average molecular weight is 237 g/mol. The van der Waals surface area contributed by atoms with Gasteiger partial charge in [0.05, 0.1) is 5.60 Å². The van der Waals surface area contributed by atoms with Crippen LogP contribution in [0.25, 0.3) is 0 Å². The summed E-state index contributed by atoms with van der Waals surface area (Å²) in [5.41, 5.74) is 0.0923. The minimum Gasteiger partial charge on any atom is -0.396 e. The minimum absolute atomic E-state index is 0.198. The Kier molecular flexibility index (Phi) is 5.62. The smallest absolute Gasteiger partial charge is 0.0994 e. The highest BCUT2D eigenvalue weighted by Crippen LogP contribution is 2.21. The maximum absolute atomic E-state index is 10.5. The van der Waals surface area contributed by atoms with Gasteiger partial charge in [0.2, 0.25) is 0 Å². The van der Waals surface area contributed by atoms with Gasteiger partial charge in [-0.3, -0.25) is 0 Å². The van der Waals surface area contributed by atoms with Crippen molar-refractivity contribution in [2.75, 3.05) is 26.2 Å². The predicted octanol–water partition coefficient (Wildman–Crippen LogP) is 1.60. The molecule has 0 spiro atoms. The molecule has 3 nitrogen and oxygen atoms in total. The third kappa shape index (κ3) is 4.46. The molecule has 3 heteroatoms. The number of hydrogen-bond acceptors (Lipinski definition) is 3. The molecule has 1 aromatic rings. The van der Waals surface area contributed by atoms with E-state index in [2.05, 4.69) is 11.8 Å². The number of aliphatic hydroxyl groups excluding tert-OH is 1. The Morgan fingerprint density at radius 2 is 1.88 bits per heavy atom. The van der Waals surface area contributed by atoms with Gasteiger partial charge >= 0.3 is 0 Å². The summed E-state index contributed by atoms with van der Waals surface area (Å²) in [7, 11) is 0. The van der Waals surface area contributed by atoms with Crippen LogP contribution in [0.15, 0.2) is 30.3 Å². The lowest BCUT2D eigenvalue weighted by Crippen LogP contribution is -2.39. The van der Waals surface area contributed by atoms with Crippen LogP contribution in [0.3, 0.4) is 0 Å². The number of aliphatic hydroxyl groups is 2. The van der Waals surface area contributed by atoms with Crippen molar-refractivity contribution in [3.63, 3.8) is 0 Å². The minimum atomic E-state index is -0.841. The maximum atomic E-state index is 10.5. The van der Waals surface area contributed by atoms with Crippen molar-refractivity contribution in [2.45, 2.75) is 25.9 Å². The van der Waals surface area contributed by atoms with Crippen LogP contribution in [0.4, 0.5) is 0 Å². The van der Waals surface area contributed by atoms with Gasteiger partial charge in [0.1, 0.15) is 0 Å². The van der Waals surface area contributed by atoms with Crippen LogP contribution in [0, 0.1) is 0 Å². The summed E-state index contributed by atoms with van der Waals surface area (Å²) in [5, 5.41) is 19.3. The average Bonchev–Trinajstić information content (AvgIpc) is 2.35. The summed E-state index contributed by atoms with van der Waals surface area (Å²) in [4.78, 5) is 2.16. The third-order valence-corrected chi connectivity index (χ3v) is 3.01. The second-order valence-corrected chi connectivity index (χ2v) is 4.59. The summed E-state index contributed by atoms with van der Waals surface area (Å²) in [6, 6.07) is 9.71. The van der Waals surface area contributed by atoms with Gasteiger partial charge in [0.15, 0.2) is 0 Å². The number of benzene rings is 1. The molecule has 0 aliphatic carbocycles. The van der Waals surface area contributed by atoms with Crippen molar-refractivity contribution in [1.29, 1.82) is 0 Å². The number of likely N-dealkylation sites (N-methyl/N-ethyl adjacent to an activating group) is 1. The van der Waals surface area contributed by atoms with E-state index in [4.69, 9.17) is 5.11 Å². The highest BCUT2D eigenvalue weighted by atomic mass is 16.3. The van der Waals surface area contributed by atoms with Gasteiger partial charge < -0.3 is 15.1 Å². The molecule has 0 aliphatic rings. The van der Waals surface area contributed by atoms with Gasteiger partial charge in [-0.25, -0.2) is 0 Å². The Morgan fingerprint density at radius 3 is 2.41 bits per heavy atom. The molecule has 1 aromatic carbocycles. The van der Waals surface area contributed by atoms with Crippen molar-refractivity contribution in [2.24, 2.45) is 0 Å². The molecule has 1 rings (SSSR count). The fourth-order valence-electron chi connectivity index (χ4n) is 1.97. The van der Waals surface area contributed by atoms with Crippen LogP contribution < -0.4 is 0 Å². The molecule has 0 radical (unpaired) electrons. The second-order valence-electron chi connectivity index (χ2n) is 4.59. The lowest BCUT2D eigenvalue weighted by atomic mass is 9.95. The van der Waals surface area contributed by atoms with E-state index in [1.54, 1.807) is 0 Å². The fraction of sp³-hybridized carbons (Fsp3) is 0.571. The lowest BCUT2D eigenvalue weighted by Gasteiger charge is -2.31. The largest absolute Gasteiger partial charge is 0.396 e. The topological polar surface area (TPSA) is 43.7 Å². The van der Waals surface area contributed by atoms with Gasteiger partial charge in [-0.1, -0.05) is 37.3 Å². The van der Waals surface area contributed by atoms with Gasteiger partial charge in [-0.15, -0.1) is 0 Å². The molecule has 0 saturated heterocycles. The first-order valence-corrected chi connectivity index (χ1v) is 6.21. The SMILES string of the molecule is CCN(CCCO)CC(C)(O)c1ccccc1. The van der Waals surface area contributed by atoms with Crippen molar-refractivity contribution >= 4 is 0 Å². The number of nitrogens with zero attached hydrogens (tertiary/aromatic N) is 1. The molecule has 1 atom stereocenters. The molecule has 17 heavy (non-hydrogen) atoms. The highest BCUT2D eigenvalue weighted by Gasteiger charge is 2.25. The summed E-state index contributed by atoms with van der Waals surface area (Å²) in [5.74, 6) is 0. The highest BCUT2D eigenvalue weighted by molar-refractivity contribution is 5.21. The summed E-state index contributed by atoms with van der Waals surface area (Å²) in [6.45, 7) is 6.39. The van der Waals surface area contributed by atoms with Gasteiger partial charge in [0.25, 0.3) is 0 Å². The van der Waals surface area contributed by atoms with E-state index in [-0.39, 0.29) is 6.61 Å². The predicted molar refractivity (Wildman–Crippen MR) is 69.8 cm³/mol. The van der Waals surface area contributed by atoms with Gasteiger partial charge in [-0.05, 0) is 25.5 Å². The van der Waals surface area contributed by atoms with Crippen molar-refractivity contribution in [1.82, 2.24) is 4.90 Å². The van der Waals surface area contributed by atoms with E-state index in [0.717, 1.165) is 25.1 Å². The van der Waals surface area contributed by atoms with E-state index in [1.165, 1.54) is 0 Å². The van der Waals surface area contributed by atoms with Crippen LogP contribution in [0.1, 0.15) is 25.8 Å². The number of hydrogen-bond donors (Lipinski definition) is 2. The molecule has 0 bridgehead atoms. The zero-order chi connectivity index (χ0) is 12.7. The lowest BCUT2D eigenvalue weighted by molar-refractivity contribution is 0.0158. The second kappa shape index (κ2) is 6.74. The molecule has 0 aromatic heterocycles. The standard InChI is InChI=1S/C14H23NO2/c1-3-15(10-7-11-16)12-14(2,17)13-8-5-4-6-9-13/h4-6,8-9,16-17H,3,7,10-12H2,1-2H3. The van der Waals surface area contributed by atoms with Crippen molar-refractivity contribution in [3.8, 4) is 0 Å². The Labute approximate surface area is 104 Å². The summed E-state index contributed by atoms with van der Waals surface area (Å²) < 4.78 is 0. The fourth-order valence-corrected chi connectivity index (χ4v) is 1.97.